The maximum absolute atomic E-state index is 12.9. The predicted molar refractivity (Wildman–Crippen MR) is 135 cm³/mol. The smallest absolute Gasteiger partial charge is 0.416 e. The van der Waals surface area contributed by atoms with Crippen LogP contribution in [0.25, 0.3) is 0 Å². The highest BCUT2D eigenvalue weighted by atomic mass is 16.6. The average molecular weight is 480 g/mol. The van der Waals surface area contributed by atoms with Crippen LogP contribution in [-0.2, 0) is 11.3 Å². The quantitative estimate of drug-likeness (QED) is 0.484. The van der Waals surface area contributed by atoms with Gasteiger partial charge in [0, 0.05) is 12.4 Å². The molecule has 0 bridgehead atoms. The first-order valence-electron chi connectivity index (χ1n) is 11.5. The van der Waals surface area contributed by atoms with E-state index in [4.69, 9.17) is 9.47 Å². The number of benzene rings is 1. The van der Waals surface area contributed by atoms with E-state index in [2.05, 4.69) is 15.4 Å². The third-order valence-corrected chi connectivity index (χ3v) is 4.75. The van der Waals surface area contributed by atoms with Crippen LogP contribution in [0, 0.1) is 6.92 Å². The minimum Gasteiger partial charge on any atom is -0.490 e. The standard InChI is InChI=1S/C26H33N5O4/c1-18(2)34-22-16-19(3)8-10-21(22)24(32)29-20-9-11-23(27-17-20)31(25(33)35-26(4,5)6)15-14-30-13-7-12-28-30/h7-13,16-18H,14-15H2,1-6H3,(H,29,32). The van der Waals surface area contributed by atoms with Gasteiger partial charge in [-0.05, 0) is 77.4 Å². The van der Waals surface area contributed by atoms with Crippen molar-refractivity contribution in [2.24, 2.45) is 0 Å². The minimum absolute atomic E-state index is 0.0649. The molecular formula is C26H33N5O4. The fraction of sp³-hybridized carbons (Fsp3) is 0.385. The summed E-state index contributed by atoms with van der Waals surface area (Å²) in [5.41, 5.74) is 1.27. The summed E-state index contributed by atoms with van der Waals surface area (Å²) in [6.45, 7) is 12.0. The summed E-state index contributed by atoms with van der Waals surface area (Å²) in [6.07, 6.45) is 4.44. The van der Waals surface area contributed by atoms with E-state index in [1.54, 1.807) is 29.1 Å². The molecule has 2 amide bonds. The molecule has 1 N–H and O–H groups in total. The lowest BCUT2D eigenvalue weighted by Crippen LogP contribution is -2.39. The van der Waals surface area contributed by atoms with Crippen molar-refractivity contribution in [3.63, 3.8) is 0 Å². The summed E-state index contributed by atoms with van der Waals surface area (Å²) in [5, 5.41) is 7.03. The molecule has 186 valence electrons. The molecule has 9 heteroatoms. The minimum atomic E-state index is -0.654. The Morgan fingerprint density at radius 2 is 1.94 bits per heavy atom. The molecule has 0 spiro atoms. The molecule has 0 saturated carbocycles. The Morgan fingerprint density at radius 3 is 2.54 bits per heavy atom. The van der Waals surface area contributed by atoms with Crippen molar-refractivity contribution >= 4 is 23.5 Å². The number of amides is 2. The number of ether oxygens (including phenoxy) is 2. The number of carbonyl (C=O) groups is 2. The number of nitrogens with one attached hydrogen (secondary N) is 1. The van der Waals surface area contributed by atoms with Crippen molar-refractivity contribution < 1.29 is 19.1 Å². The van der Waals surface area contributed by atoms with E-state index in [1.807, 2.05) is 65.9 Å². The molecule has 3 aromatic rings. The van der Waals surface area contributed by atoms with Crippen molar-refractivity contribution in [3.05, 3.63) is 66.1 Å². The number of nitrogens with zero attached hydrogens (tertiary/aromatic N) is 4. The van der Waals surface area contributed by atoms with Gasteiger partial charge in [-0.15, -0.1) is 0 Å². The highest BCUT2D eigenvalue weighted by Crippen LogP contribution is 2.24. The lowest BCUT2D eigenvalue weighted by molar-refractivity contribution is 0.0577. The van der Waals surface area contributed by atoms with E-state index in [1.165, 1.54) is 11.1 Å². The van der Waals surface area contributed by atoms with E-state index >= 15 is 0 Å². The number of hydrogen-bond donors (Lipinski definition) is 1. The van der Waals surface area contributed by atoms with Crippen LogP contribution in [0.4, 0.5) is 16.3 Å². The van der Waals surface area contributed by atoms with Gasteiger partial charge < -0.3 is 14.8 Å². The molecule has 2 heterocycles. The van der Waals surface area contributed by atoms with E-state index in [0.29, 0.717) is 35.9 Å². The molecule has 2 aromatic heterocycles. The van der Waals surface area contributed by atoms with Gasteiger partial charge in [-0.3, -0.25) is 14.4 Å². The number of hydrogen-bond acceptors (Lipinski definition) is 6. The van der Waals surface area contributed by atoms with Gasteiger partial charge in [-0.2, -0.15) is 5.10 Å². The maximum Gasteiger partial charge on any atom is 0.416 e. The van der Waals surface area contributed by atoms with Gasteiger partial charge in [0.2, 0.25) is 0 Å². The van der Waals surface area contributed by atoms with Crippen LogP contribution in [0.1, 0.15) is 50.5 Å². The first kappa shape index (κ1) is 25.7. The molecule has 0 radical (unpaired) electrons. The fourth-order valence-corrected chi connectivity index (χ4v) is 3.24. The molecule has 0 fully saturated rings. The van der Waals surface area contributed by atoms with Crippen molar-refractivity contribution in [2.75, 3.05) is 16.8 Å². The molecule has 0 unspecified atom stereocenters. The van der Waals surface area contributed by atoms with Crippen LogP contribution < -0.4 is 15.0 Å². The van der Waals surface area contributed by atoms with Crippen LogP contribution in [-0.4, -0.2) is 45.0 Å². The van der Waals surface area contributed by atoms with E-state index in [9.17, 15) is 9.59 Å². The van der Waals surface area contributed by atoms with Crippen LogP contribution in [0.15, 0.2) is 55.0 Å². The normalized spacial score (nSPS) is 11.3. The van der Waals surface area contributed by atoms with Crippen molar-refractivity contribution in [2.45, 2.75) is 59.8 Å². The Kier molecular flexibility index (Phi) is 8.11. The first-order valence-corrected chi connectivity index (χ1v) is 11.5. The zero-order valence-corrected chi connectivity index (χ0v) is 21.1. The molecule has 0 saturated heterocycles. The third kappa shape index (κ3) is 7.56. The number of aryl methyl sites for hydroxylation is 1. The molecule has 1 aromatic carbocycles. The van der Waals surface area contributed by atoms with Gasteiger partial charge in [-0.25, -0.2) is 9.78 Å². The zero-order valence-electron chi connectivity index (χ0n) is 21.1. The van der Waals surface area contributed by atoms with Crippen LogP contribution in [0.5, 0.6) is 5.75 Å². The van der Waals surface area contributed by atoms with Crippen molar-refractivity contribution in [3.8, 4) is 5.75 Å². The molecule has 0 atom stereocenters. The lowest BCUT2D eigenvalue weighted by atomic mass is 10.1. The van der Waals surface area contributed by atoms with Crippen LogP contribution in [0.3, 0.4) is 0 Å². The van der Waals surface area contributed by atoms with Gasteiger partial charge in [0.25, 0.3) is 5.91 Å². The van der Waals surface area contributed by atoms with Crippen molar-refractivity contribution in [1.29, 1.82) is 0 Å². The molecular weight excluding hydrogens is 446 g/mol. The molecule has 0 aliphatic carbocycles. The summed E-state index contributed by atoms with van der Waals surface area (Å²) >= 11 is 0. The first-order chi connectivity index (χ1) is 16.5. The fourth-order valence-electron chi connectivity index (χ4n) is 3.24. The number of rotatable bonds is 8. The highest BCUT2D eigenvalue weighted by molar-refractivity contribution is 6.06. The monoisotopic (exact) mass is 479 g/mol. The summed E-state index contributed by atoms with van der Waals surface area (Å²) in [7, 11) is 0. The second-order valence-electron chi connectivity index (χ2n) is 9.43. The van der Waals surface area contributed by atoms with Crippen molar-refractivity contribution in [1.82, 2.24) is 14.8 Å². The maximum atomic E-state index is 12.9. The number of aromatic nitrogens is 3. The molecule has 9 nitrogen and oxygen atoms in total. The highest BCUT2D eigenvalue weighted by Gasteiger charge is 2.24. The van der Waals surface area contributed by atoms with E-state index in [0.717, 1.165) is 5.56 Å². The van der Waals surface area contributed by atoms with Crippen LogP contribution in [0.2, 0.25) is 0 Å². The van der Waals surface area contributed by atoms with Gasteiger partial charge in [0.05, 0.1) is 36.6 Å². The Balaban J connectivity index is 1.76. The molecule has 0 aliphatic rings. The summed E-state index contributed by atoms with van der Waals surface area (Å²) in [6, 6.07) is 10.6. The lowest BCUT2D eigenvalue weighted by Gasteiger charge is -2.27. The molecule has 35 heavy (non-hydrogen) atoms. The third-order valence-electron chi connectivity index (χ3n) is 4.75. The van der Waals surface area contributed by atoms with Gasteiger partial charge in [0.15, 0.2) is 0 Å². The summed E-state index contributed by atoms with van der Waals surface area (Å²) in [4.78, 5) is 31.7. The van der Waals surface area contributed by atoms with E-state index in [-0.39, 0.29) is 12.0 Å². The van der Waals surface area contributed by atoms with Gasteiger partial charge >= 0.3 is 6.09 Å². The van der Waals surface area contributed by atoms with Gasteiger partial charge in [0.1, 0.15) is 17.2 Å². The number of carbonyl (C=O) groups excluding carboxylic acids is 2. The Hall–Kier alpha value is -3.88. The Labute approximate surface area is 206 Å². The Bertz CT molecular complexity index is 1140. The zero-order chi connectivity index (χ0) is 25.6. The number of anilines is 2. The predicted octanol–water partition coefficient (Wildman–Crippen LogP) is 5.07. The van der Waals surface area contributed by atoms with E-state index < -0.39 is 11.7 Å². The largest absolute Gasteiger partial charge is 0.490 e. The SMILES string of the molecule is Cc1ccc(C(=O)Nc2ccc(N(CCn3cccn3)C(=O)OC(C)(C)C)nc2)c(OC(C)C)c1. The second-order valence-corrected chi connectivity index (χ2v) is 9.43. The summed E-state index contributed by atoms with van der Waals surface area (Å²) < 4.78 is 13.1. The van der Waals surface area contributed by atoms with Crippen LogP contribution >= 0.6 is 0 Å². The number of pyridine rings is 1. The molecule has 0 aliphatic heterocycles. The second kappa shape index (κ2) is 11.0. The summed E-state index contributed by atoms with van der Waals surface area (Å²) in [5.74, 6) is 0.623. The van der Waals surface area contributed by atoms with Gasteiger partial charge in [-0.1, -0.05) is 6.07 Å². The average Bonchev–Trinajstić information content (AvgIpc) is 3.27. The topological polar surface area (TPSA) is 98.6 Å². The molecule has 3 rings (SSSR count). The Morgan fingerprint density at radius 1 is 1.17 bits per heavy atom.